The van der Waals surface area contributed by atoms with E-state index in [9.17, 15) is 9.18 Å². The molecule has 4 rings (SSSR count). The van der Waals surface area contributed by atoms with Crippen molar-refractivity contribution in [2.24, 2.45) is 0 Å². The van der Waals surface area contributed by atoms with Crippen molar-refractivity contribution in [3.05, 3.63) is 82.7 Å². The summed E-state index contributed by atoms with van der Waals surface area (Å²) < 4.78 is 21.1. The van der Waals surface area contributed by atoms with Crippen LogP contribution in [0.15, 0.2) is 65.7 Å². The third-order valence-electron chi connectivity index (χ3n) is 4.10. The van der Waals surface area contributed by atoms with Crippen molar-refractivity contribution in [3.63, 3.8) is 0 Å². The summed E-state index contributed by atoms with van der Waals surface area (Å²) in [6.45, 7) is 0.323. The second-order valence-electron chi connectivity index (χ2n) is 5.81. The zero-order chi connectivity index (χ0) is 18.1. The number of ether oxygens (including phenoxy) is 1. The molecule has 0 saturated carbocycles. The fourth-order valence-electron chi connectivity index (χ4n) is 2.76. The van der Waals surface area contributed by atoms with E-state index in [2.05, 4.69) is 10.2 Å². The highest BCUT2D eigenvalue weighted by atomic mass is 19.1. The van der Waals surface area contributed by atoms with Gasteiger partial charge in [-0.15, -0.1) is 0 Å². The molecule has 6 nitrogen and oxygen atoms in total. The predicted molar refractivity (Wildman–Crippen MR) is 94.7 cm³/mol. The van der Waals surface area contributed by atoms with Gasteiger partial charge in [-0.25, -0.2) is 13.6 Å². The van der Waals surface area contributed by atoms with Crippen molar-refractivity contribution in [3.8, 4) is 17.0 Å². The van der Waals surface area contributed by atoms with Crippen LogP contribution in [-0.4, -0.2) is 26.5 Å². The van der Waals surface area contributed by atoms with Crippen LogP contribution in [-0.2, 0) is 6.54 Å². The SMILES string of the molecule is COc1cccc(Cn2ncn3nc(-c4ccc(F)cc4)cc3c2=O)c1. The molecule has 130 valence electrons. The quantitative estimate of drug-likeness (QED) is 0.568. The minimum absolute atomic E-state index is 0.254. The lowest BCUT2D eigenvalue weighted by molar-refractivity contribution is 0.414. The van der Waals surface area contributed by atoms with Crippen molar-refractivity contribution in [2.45, 2.75) is 6.54 Å². The molecule has 7 heteroatoms. The molecule has 0 N–H and O–H groups in total. The Bertz CT molecular complexity index is 1130. The summed E-state index contributed by atoms with van der Waals surface area (Å²) in [5, 5.41) is 8.53. The Morgan fingerprint density at radius 3 is 2.69 bits per heavy atom. The number of halogens is 1. The third kappa shape index (κ3) is 2.95. The molecule has 0 aliphatic rings. The number of fused-ring (bicyclic) bond motifs is 1. The molecule has 0 saturated heterocycles. The summed E-state index contributed by atoms with van der Waals surface area (Å²) in [6.07, 6.45) is 1.49. The van der Waals surface area contributed by atoms with Gasteiger partial charge in [0, 0.05) is 5.56 Å². The van der Waals surface area contributed by atoms with Crippen LogP contribution in [0, 0.1) is 5.82 Å². The average molecular weight is 350 g/mol. The van der Waals surface area contributed by atoms with Gasteiger partial charge in [-0.05, 0) is 48.0 Å². The van der Waals surface area contributed by atoms with Crippen LogP contribution in [0.5, 0.6) is 5.75 Å². The monoisotopic (exact) mass is 350 g/mol. The van der Waals surface area contributed by atoms with Gasteiger partial charge in [-0.1, -0.05) is 12.1 Å². The molecule has 0 fully saturated rings. The molecule has 0 unspecified atom stereocenters. The first-order chi connectivity index (χ1) is 12.6. The van der Waals surface area contributed by atoms with E-state index in [1.54, 1.807) is 25.3 Å². The van der Waals surface area contributed by atoms with Gasteiger partial charge in [0.15, 0.2) is 0 Å². The minimum Gasteiger partial charge on any atom is -0.497 e. The Kier molecular flexibility index (Phi) is 3.96. The largest absolute Gasteiger partial charge is 0.497 e. The number of benzene rings is 2. The molecule has 2 aromatic carbocycles. The fraction of sp³-hybridized carbons (Fsp3) is 0.105. The van der Waals surface area contributed by atoms with E-state index < -0.39 is 0 Å². The van der Waals surface area contributed by atoms with E-state index in [1.165, 1.54) is 27.7 Å². The molecule has 26 heavy (non-hydrogen) atoms. The summed E-state index contributed by atoms with van der Waals surface area (Å²) in [6, 6.07) is 15.1. The van der Waals surface area contributed by atoms with Gasteiger partial charge in [0.2, 0.25) is 0 Å². The van der Waals surface area contributed by atoms with Crippen molar-refractivity contribution in [1.29, 1.82) is 0 Å². The highest BCUT2D eigenvalue weighted by Crippen LogP contribution is 2.19. The number of hydrogen-bond donors (Lipinski definition) is 0. The Hall–Kier alpha value is -3.48. The van der Waals surface area contributed by atoms with Crippen LogP contribution in [0.3, 0.4) is 0 Å². The number of methoxy groups -OCH3 is 1. The normalized spacial score (nSPS) is 11.0. The number of aromatic nitrogens is 4. The van der Waals surface area contributed by atoms with E-state index in [0.29, 0.717) is 17.8 Å². The molecule has 0 bridgehead atoms. The van der Waals surface area contributed by atoms with Gasteiger partial charge in [0.1, 0.15) is 23.4 Å². The summed E-state index contributed by atoms with van der Waals surface area (Å²) in [7, 11) is 1.60. The zero-order valence-electron chi connectivity index (χ0n) is 14.0. The molecular weight excluding hydrogens is 335 g/mol. The summed E-state index contributed by atoms with van der Waals surface area (Å²) in [5.74, 6) is 0.402. The van der Waals surface area contributed by atoms with Crippen LogP contribution >= 0.6 is 0 Å². The van der Waals surface area contributed by atoms with Crippen molar-refractivity contribution >= 4 is 5.52 Å². The van der Waals surface area contributed by atoms with Crippen LogP contribution in [0.25, 0.3) is 16.8 Å². The van der Waals surface area contributed by atoms with Crippen LogP contribution in [0.2, 0.25) is 0 Å². The molecule has 0 aliphatic carbocycles. The lowest BCUT2D eigenvalue weighted by Crippen LogP contribution is -2.25. The van der Waals surface area contributed by atoms with Crippen LogP contribution in [0.1, 0.15) is 5.56 Å². The maximum atomic E-state index is 13.1. The topological polar surface area (TPSA) is 61.4 Å². The molecule has 0 atom stereocenters. The van der Waals surface area contributed by atoms with Crippen molar-refractivity contribution in [2.75, 3.05) is 7.11 Å². The molecule has 0 radical (unpaired) electrons. The summed E-state index contributed by atoms with van der Waals surface area (Å²) >= 11 is 0. The Morgan fingerprint density at radius 2 is 1.92 bits per heavy atom. The first-order valence-electron chi connectivity index (χ1n) is 7.98. The van der Waals surface area contributed by atoms with Gasteiger partial charge in [0.25, 0.3) is 5.56 Å². The van der Waals surface area contributed by atoms with Gasteiger partial charge < -0.3 is 4.74 Å². The first kappa shape index (κ1) is 16.0. The molecule has 2 aromatic heterocycles. The van der Waals surface area contributed by atoms with Crippen molar-refractivity contribution in [1.82, 2.24) is 19.4 Å². The van der Waals surface area contributed by atoms with Crippen LogP contribution < -0.4 is 10.3 Å². The van der Waals surface area contributed by atoms with E-state index in [0.717, 1.165) is 16.9 Å². The van der Waals surface area contributed by atoms with E-state index in [1.807, 2.05) is 24.3 Å². The van der Waals surface area contributed by atoms with E-state index in [-0.39, 0.29) is 11.4 Å². The fourth-order valence-corrected chi connectivity index (χ4v) is 2.76. The van der Waals surface area contributed by atoms with Gasteiger partial charge >= 0.3 is 0 Å². The lowest BCUT2D eigenvalue weighted by Gasteiger charge is -2.06. The Labute approximate surface area is 148 Å². The van der Waals surface area contributed by atoms with Gasteiger partial charge in [0.05, 0.1) is 19.3 Å². The molecule has 0 amide bonds. The number of nitrogens with zero attached hydrogens (tertiary/aromatic N) is 4. The highest BCUT2D eigenvalue weighted by molar-refractivity contribution is 5.65. The van der Waals surface area contributed by atoms with Gasteiger partial charge in [-0.2, -0.15) is 10.2 Å². The maximum Gasteiger partial charge on any atom is 0.293 e. The number of hydrogen-bond acceptors (Lipinski definition) is 4. The first-order valence-corrected chi connectivity index (χ1v) is 7.98. The van der Waals surface area contributed by atoms with E-state index >= 15 is 0 Å². The Balaban J connectivity index is 1.72. The molecular formula is C19H15FN4O2. The van der Waals surface area contributed by atoms with Gasteiger partial charge in [-0.3, -0.25) is 4.79 Å². The second kappa shape index (κ2) is 6.44. The summed E-state index contributed by atoms with van der Waals surface area (Å²) in [4.78, 5) is 12.7. The molecule has 4 aromatic rings. The standard InChI is InChI=1S/C19H15FN4O2/c1-26-16-4-2-3-13(9-16)11-23-19(25)18-10-17(22-24(18)12-21-23)14-5-7-15(20)8-6-14/h2-10,12H,11H2,1H3. The minimum atomic E-state index is -0.320. The average Bonchev–Trinajstić information content (AvgIpc) is 3.10. The summed E-state index contributed by atoms with van der Waals surface area (Å²) in [5.41, 5.74) is 2.37. The molecule has 0 spiro atoms. The van der Waals surface area contributed by atoms with Crippen molar-refractivity contribution < 1.29 is 9.13 Å². The molecule has 0 aliphatic heterocycles. The smallest absolute Gasteiger partial charge is 0.293 e. The Morgan fingerprint density at radius 1 is 1.12 bits per heavy atom. The predicted octanol–water partition coefficient (Wildman–Crippen LogP) is 2.75. The zero-order valence-corrected chi connectivity index (χ0v) is 14.0. The lowest BCUT2D eigenvalue weighted by atomic mass is 10.1. The third-order valence-corrected chi connectivity index (χ3v) is 4.10. The second-order valence-corrected chi connectivity index (χ2v) is 5.81. The number of rotatable bonds is 4. The maximum absolute atomic E-state index is 13.1. The van der Waals surface area contributed by atoms with Crippen LogP contribution in [0.4, 0.5) is 4.39 Å². The molecule has 2 heterocycles. The highest BCUT2D eigenvalue weighted by Gasteiger charge is 2.11. The van der Waals surface area contributed by atoms with E-state index in [4.69, 9.17) is 4.74 Å².